The minimum Gasteiger partial charge on any atom is -0.406 e. The predicted octanol–water partition coefficient (Wildman–Crippen LogP) is 4.13. The Kier molecular flexibility index (Phi) is 7.01. The van der Waals surface area contributed by atoms with Crippen molar-refractivity contribution in [1.29, 1.82) is 0 Å². The molecule has 0 bridgehead atoms. The number of hydrogen-bond donors (Lipinski definition) is 1. The van der Waals surface area contributed by atoms with Crippen molar-refractivity contribution in [3.8, 4) is 5.75 Å². The molecule has 0 spiro atoms. The average Bonchev–Trinajstić information content (AvgIpc) is 2.42. The van der Waals surface area contributed by atoms with E-state index in [2.05, 4.69) is 26.0 Å². The maximum atomic E-state index is 12.0. The molecule has 118 valence electrons. The number of alkyl halides is 4. The maximum absolute atomic E-state index is 12.0. The second kappa shape index (κ2) is 8.26. The summed E-state index contributed by atoms with van der Waals surface area (Å²) in [6.45, 7) is 2.59. The third-order valence-corrected chi connectivity index (χ3v) is 3.45. The van der Waals surface area contributed by atoms with E-state index in [-0.39, 0.29) is 11.7 Å². The summed E-state index contributed by atoms with van der Waals surface area (Å²) >= 11 is 3.36. The first-order chi connectivity index (χ1) is 9.85. The van der Waals surface area contributed by atoms with E-state index >= 15 is 0 Å². The highest BCUT2D eigenvalue weighted by Gasteiger charge is 2.31. The Labute approximate surface area is 130 Å². The van der Waals surface area contributed by atoms with Crippen molar-refractivity contribution in [2.45, 2.75) is 26.1 Å². The number of carbonyl (C=O) groups is 1. The van der Waals surface area contributed by atoms with Crippen LogP contribution in [0.1, 0.15) is 30.1 Å². The van der Waals surface area contributed by atoms with Gasteiger partial charge in [0.2, 0.25) is 0 Å². The molecule has 1 amide bonds. The summed E-state index contributed by atoms with van der Waals surface area (Å²) in [7, 11) is 0. The second-order valence-electron chi connectivity index (χ2n) is 4.53. The molecular formula is C14H17BrF3NO2. The summed E-state index contributed by atoms with van der Waals surface area (Å²) in [6, 6.07) is 4.86. The highest BCUT2D eigenvalue weighted by molar-refractivity contribution is 9.09. The number of halogens is 4. The molecule has 0 aliphatic heterocycles. The number of hydrogen-bond acceptors (Lipinski definition) is 2. The first-order valence-electron chi connectivity index (χ1n) is 6.55. The Morgan fingerprint density at radius 1 is 1.33 bits per heavy atom. The van der Waals surface area contributed by atoms with E-state index in [0.29, 0.717) is 18.0 Å². The van der Waals surface area contributed by atoms with Gasteiger partial charge < -0.3 is 10.1 Å². The van der Waals surface area contributed by atoms with Gasteiger partial charge in [0.15, 0.2) is 0 Å². The van der Waals surface area contributed by atoms with E-state index in [1.54, 1.807) is 0 Å². The van der Waals surface area contributed by atoms with Crippen LogP contribution in [-0.2, 0) is 0 Å². The standard InChI is InChI=1S/C14H17BrF3NO2/c1-2-10(7-8-15)9-19-13(20)11-3-5-12(6-4-11)21-14(16,17)18/h3-6,10H,2,7-9H2,1H3,(H,19,20). The smallest absolute Gasteiger partial charge is 0.406 e. The molecule has 1 atom stereocenters. The van der Waals surface area contributed by atoms with Crippen LogP contribution < -0.4 is 10.1 Å². The SMILES string of the molecule is CCC(CCBr)CNC(=O)c1ccc(OC(F)(F)F)cc1. The van der Waals surface area contributed by atoms with E-state index in [9.17, 15) is 18.0 Å². The van der Waals surface area contributed by atoms with Gasteiger partial charge in [-0.3, -0.25) is 4.79 Å². The third kappa shape index (κ3) is 6.84. The van der Waals surface area contributed by atoms with Gasteiger partial charge in [0.25, 0.3) is 5.91 Å². The van der Waals surface area contributed by atoms with Crippen LogP contribution in [0.2, 0.25) is 0 Å². The van der Waals surface area contributed by atoms with Crippen LogP contribution in [0, 0.1) is 5.92 Å². The van der Waals surface area contributed by atoms with Crippen molar-refractivity contribution in [3.05, 3.63) is 29.8 Å². The molecule has 1 rings (SSSR count). The Hall–Kier alpha value is -1.24. The molecule has 0 saturated heterocycles. The molecule has 1 N–H and O–H groups in total. The van der Waals surface area contributed by atoms with Gasteiger partial charge in [-0.1, -0.05) is 29.3 Å². The first-order valence-corrected chi connectivity index (χ1v) is 7.67. The van der Waals surface area contributed by atoms with Crippen LogP contribution in [0.25, 0.3) is 0 Å². The minimum absolute atomic E-state index is 0.304. The molecule has 1 aromatic rings. The van der Waals surface area contributed by atoms with Crippen LogP contribution in [-0.4, -0.2) is 24.1 Å². The van der Waals surface area contributed by atoms with Gasteiger partial charge in [-0.25, -0.2) is 0 Å². The Morgan fingerprint density at radius 2 is 1.95 bits per heavy atom. The van der Waals surface area contributed by atoms with Gasteiger partial charge in [0, 0.05) is 17.4 Å². The van der Waals surface area contributed by atoms with Crippen LogP contribution in [0.15, 0.2) is 24.3 Å². The second-order valence-corrected chi connectivity index (χ2v) is 5.33. The predicted molar refractivity (Wildman–Crippen MR) is 77.7 cm³/mol. The summed E-state index contributed by atoms with van der Waals surface area (Å²) in [5.74, 6) is -0.271. The lowest BCUT2D eigenvalue weighted by Gasteiger charge is -2.14. The molecule has 0 aliphatic carbocycles. The lowest BCUT2D eigenvalue weighted by molar-refractivity contribution is -0.274. The molecule has 0 radical (unpaired) electrons. The lowest BCUT2D eigenvalue weighted by atomic mass is 10.0. The zero-order valence-electron chi connectivity index (χ0n) is 11.5. The van der Waals surface area contributed by atoms with Crippen LogP contribution in [0.4, 0.5) is 13.2 Å². The number of ether oxygens (including phenoxy) is 1. The number of rotatable bonds is 7. The molecule has 0 aliphatic rings. The molecule has 0 heterocycles. The fourth-order valence-corrected chi connectivity index (χ4v) is 2.40. The highest BCUT2D eigenvalue weighted by Crippen LogP contribution is 2.22. The highest BCUT2D eigenvalue weighted by atomic mass is 79.9. The summed E-state index contributed by atoms with van der Waals surface area (Å²) < 4.78 is 39.8. The average molecular weight is 368 g/mol. The molecule has 7 heteroatoms. The molecule has 1 unspecified atom stereocenters. The van der Waals surface area contributed by atoms with E-state index in [1.165, 1.54) is 12.1 Å². The summed E-state index contributed by atoms with van der Waals surface area (Å²) in [6.07, 6.45) is -2.83. The van der Waals surface area contributed by atoms with Crippen molar-refractivity contribution < 1.29 is 22.7 Å². The van der Waals surface area contributed by atoms with Gasteiger partial charge in [0.05, 0.1) is 0 Å². The molecule has 3 nitrogen and oxygen atoms in total. The number of benzene rings is 1. The maximum Gasteiger partial charge on any atom is 0.573 e. The van der Waals surface area contributed by atoms with E-state index in [0.717, 1.165) is 30.3 Å². The van der Waals surface area contributed by atoms with Crippen molar-refractivity contribution in [1.82, 2.24) is 5.32 Å². The van der Waals surface area contributed by atoms with E-state index in [4.69, 9.17) is 0 Å². The summed E-state index contributed by atoms with van der Waals surface area (Å²) in [4.78, 5) is 11.9. The van der Waals surface area contributed by atoms with Crippen molar-refractivity contribution in [2.24, 2.45) is 5.92 Å². The van der Waals surface area contributed by atoms with Crippen LogP contribution >= 0.6 is 15.9 Å². The van der Waals surface area contributed by atoms with E-state index in [1.807, 2.05) is 6.92 Å². The molecule has 0 fully saturated rings. The zero-order chi connectivity index (χ0) is 15.9. The van der Waals surface area contributed by atoms with Crippen molar-refractivity contribution in [3.63, 3.8) is 0 Å². The topological polar surface area (TPSA) is 38.3 Å². The van der Waals surface area contributed by atoms with Gasteiger partial charge in [-0.05, 0) is 36.6 Å². The first kappa shape index (κ1) is 17.8. The van der Waals surface area contributed by atoms with Crippen molar-refractivity contribution >= 4 is 21.8 Å². The monoisotopic (exact) mass is 367 g/mol. The fraction of sp³-hybridized carbons (Fsp3) is 0.500. The Balaban J connectivity index is 2.55. The summed E-state index contributed by atoms with van der Waals surface area (Å²) in [5, 5.41) is 3.65. The van der Waals surface area contributed by atoms with Gasteiger partial charge in [-0.15, -0.1) is 13.2 Å². The Bertz CT molecular complexity index is 449. The molecule has 0 saturated carbocycles. The van der Waals surface area contributed by atoms with Gasteiger partial charge >= 0.3 is 6.36 Å². The van der Waals surface area contributed by atoms with Crippen molar-refractivity contribution in [2.75, 3.05) is 11.9 Å². The quantitative estimate of drug-likeness (QED) is 0.736. The normalized spacial score (nSPS) is 12.8. The molecular weight excluding hydrogens is 351 g/mol. The summed E-state index contributed by atoms with van der Waals surface area (Å²) in [5.41, 5.74) is 0.304. The molecule has 1 aromatic carbocycles. The third-order valence-electron chi connectivity index (χ3n) is 3.00. The number of nitrogens with one attached hydrogen (secondary N) is 1. The fourth-order valence-electron chi connectivity index (χ4n) is 1.75. The van der Waals surface area contributed by atoms with Crippen LogP contribution in [0.5, 0.6) is 5.75 Å². The zero-order valence-corrected chi connectivity index (χ0v) is 13.1. The van der Waals surface area contributed by atoms with Gasteiger partial charge in [-0.2, -0.15) is 0 Å². The Morgan fingerprint density at radius 3 is 2.43 bits per heavy atom. The molecule has 0 aromatic heterocycles. The lowest BCUT2D eigenvalue weighted by Crippen LogP contribution is -2.29. The number of amides is 1. The van der Waals surface area contributed by atoms with E-state index < -0.39 is 6.36 Å². The van der Waals surface area contributed by atoms with Gasteiger partial charge in [0.1, 0.15) is 5.75 Å². The van der Waals surface area contributed by atoms with Crippen LogP contribution in [0.3, 0.4) is 0 Å². The molecule has 21 heavy (non-hydrogen) atoms. The minimum atomic E-state index is -4.73. The number of carbonyl (C=O) groups excluding carboxylic acids is 1. The largest absolute Gasteiger partial charge is 0.573 e.